The molecule has 1 atom stereocenters. The third-order valence-electron chi connectivity index (χ3n) is 8.22. The zero-order valence-electron chi connectivity index (χ0n) is 26.6. The van der Waals surface area contributed by atoms with Crippen LogP contribution in [0.15, 0.2) is 66.7 Å². The van der Waals surface area contributed by atoms with E-state index in [4.69, 9.17) is 4.74 Å². The highest BCUT2D eigenvalue weighted by molar-refractivity contribution is 5.94. The average molecular weight is 625 g/mol. The smallest absolute Gasteiger partial charge is 0.425 e. The fraction of sp³-hybridized carbons (Fsp3) is 0.474. The first-order chi connectivity index (χ1) is 21.6. The summed E-state index contributed by atoms with van der Waals surface area (Å²) in [5.74, 6) is -2.10. The molecule has 1 unspecified atom stereocenters. The molecule has 0 aliphatic carbocycles. The number of aryl methyl sites for hydroxylation is 1. The molecule has 0 bridgehead atoms. The Kier molecular flexibility index (Phi) is 14.6. The van der Waals surface area contributed by atoms with E-state index in [9.17, 15) is 27.9 Å². The molecule has 0 aromatic heterocycles. The first kappa shape index (κ1) is 35.9. The zero-order valence-corrected chi connectivity index (χ0v) is 26.6. The molecule has 45 heavy (non-hydrogen) atoms. The molecule has 7 heteroatoms. The lowest BCUT2D eigenvalue weighted by Crippen LogP contribution is -2.33. The number of benzene rings is 3. The molecule has 0 amide bonds. The van der Waals surface area contributed by atoms with Crippen molar-refractivity contribution < 1.29 is 32.6 Å². The molecule has 0 aliphatic rings. The highest BCUT2D eigenvalue weighted by Gasteiger charge is 2.42. The quantitative estimate of drug-likeness (QED) is 0.106. The number of unbranched alkanes of at least 4 members (excludes halogenated alkanes) is 10. The molecular formula is C38H47F3O4. The summed E-state index contributed by atoms with van der Waals surface area (Å²) >= 11 is 0. The number of carboxylic acid groups (broad SMARTS) is 1. The molecule has 0 heterocycles. The molecule has 0 radical (unpaired) electrons. The summed E-state index contributed by atoms with van der Waals surface area (Å²) in [6.45, 7) is 4.20. The third-order valence-corrected chi connectivity index (χ3v) is 8.22. The highest BCUT2D eigenvalue weighted by atomic mass is 19.4. The van der Waals surface area contributed by atoms with Gasteiger partial charge in [0.05, 0.1) is 11.1 Å². The van der Waals surface area contributed by atoms with Crippen LogP contribution in [0.2, 0.25) is 0 Å². The molecule has 0 spiro atoms. The molecule has 0 saturated heterocycles. The van der Waals surface area contributed by atoms with Crippen molar-refractivity contribution in [3.63, 3.8) is 0 Å². The van der Waals surface area contributed by atoms with Gasteiger partial charge >= 0.3 is 18.1 Å². The number of carbonyl (C=O) groups excluding carboxylic acids is 1. The Bertz CT molecular complexity index is 1330. The van der Waals surface area contributed by atoms with Gasteiger partial charge in [0.25, 0.3) is 0 Å². The Morgan fingerprint density at radius 3 is 1.76 bits per heavy atom. The predicted octanol–water partition coefficient (Wildman–Crippen LogP) is 11.5. The average Bonchev–Trinajstić information content (AvgIpc) is 3.03. The van der Waals surface area contributed by atoms with Crippen molar-refractivity contribution in [2.24, 2.45) is 0 Å². The standard InChI is InChI=1S/C38H47F3O4/c1-3-5-7-9-10-11-12-13-15-28-17-19-29(20-18-28)33-26-25-32(36(42)43)27-34(33)30-21-23-31(24-22-30)37(44)45-35(38(39,40)41)16-14-8-6-4-2/h17-27,35H,3-16H2,1-2H3,(H,42,43). The largest absolute Gasteiger partial charge is 0.478 e. The minimum Gasteiger partial charge on any atom is -0.478 e. The molecule has 244 valence electrons. The summed E-state index contributed by atoms with van der Waals surface area (Å²) < 4.78 is 45.5. The van der Waals surface area contributed by atoms with Crippen LogP contribution >= 0.6 is 0 Å². The molecule has 3 aromatic carbocycles. The van der Waals surface area contributed by atoms with E-state index in [0.717, 1.165) is 36.8 Å². The summed E-state index contributed by atoms with van der Waals surface area (Å²) in [4.78, 5) is 24.4. The Morgan fingerprint density at radius 2 is 1.18 bits per heavy atom. The fourth-order valence-corrected chi connectivity index (χ4v) is 5.51. The lowest BCUT2D eigenvalue weighted by Gasteiger charge is -2.21. The number of hydrogen-bond donors (Lipinski definition) is 1. The summed E-state index contributed by atoms with van der Waals surface area (Å²) in [5.41, 5.74) is 4.38. The third kappa shape index (κ3) is 11.7. The molecule has 0 saturated carbocycles. The molecule has 4 nitrogen and oxygen atoms in total. The summed E-state index contributed by atoms with van der Waals surface area (Å²) in [6, 6.07) is 19.2. The maximum absolute atomic E-state index is 13.5. The highest BCUT2D eigenvalue weighted by Crippen LogP contribution is 2.34. The summed E-state index contributed by atoms with van der Waals surface area (Å²) in [6.07, 6.45) is 6.78. The summed E-state index contributed by atoms with van der Waals surface area (Å²) in [7, 11) is 0. The second-order valence-electron chi connectivity index (χ2n) is 11.8. The van der Waals surface area contributed by atoms with E-state index in [-0.39, 0.29) is 17.5 Å². The fourth-order valence-electron chi connectivity index (χ4n) is 5.51. The minimum atomic E-state index is -4.64. The summed E-state index contributed by atoms with van der Waals surface area (Å²) in [5, 5.41) is 9.63. The van der Waals surface area contributed by atoms with Crippen molar-refractivity contribution in [1.29, 1.82) is 0 Å². The Balaban J connectivity index is 1.72. The lowest BCUT2D eigenvalue weighted by atomic mass is 9.91. The van der Waals surface area contributed by atoms with Gasteiger partial charge < -0.3 is 9.84 Å². The van der Waals surface area contributed by atoms with Crippen molar-refractivity contribution in [2.75, 3.05) is 0 Å². The normalized spacial score (nSPS) is 12.2. The van der Waals surface area contributed by atoms with Crippen molar-refractivity contribution in [3.8, 4) is 22.3 Å². The predicted molar refractivity (Wildman–Crippen MR) is 175 cm³/mol. The number of ether oxygens (including phenoxy) is 1. The number of carbonyl (C=O) groups is 2. The van der Waals surface area contributed by atoms with Gasteiger partial charge in [0, 0.05) is 0 Å². The van der Waals surface area contributed by atoms with Gasteiger partial charge in [-0.1, -0.05) is 121 Å². The van der Waals surface area contributed by atoms with Crippen LogP contribution in [0.25, 0.3) is 22.3 Å². The Hall–Kier alpha value is -3.61. The number of alkyl halides is 3. The zero-order chi connectivity index (χ0) is 32.7. The monoisotopic (exact) mass is 624 g/mol. The topological polar surface area (TPSA) is 63.6 Å². The molecule has 1 N–H and O–H groups in total. The van der Waals surface area contributed by atoms with Gasteiger partial charge in [0.15, 0.2) is 6.10 Å². The first-order valence-electron chi connectivity index (χ1n) is 16.5. The Labute approximate surface area is 266 Å². The first-order valence-corrected chi connectivity index (χ1v) is 16.5. The van der Waals surface area contributed by atoms with Crippen molar-refractivity contribution in [2.45, 2.75) is 116 Å². The molecule has 0 aliphatic heterocycles. The molecule has 3 aromatic rings. The second-order valence-corrected chi connectivity index (χ2v) is 11.8. The van der Waals surface area contributed by atoms with Gasteiger partial charge in [-0.05, 0) is 77.8 Å². The van der Waals surface area contributed by atoms with E-state index in [2.05, 4.69) is 19.1 Å². The van der Waals surface area contributed by atoms with Gasteiger partial charge in [-0.2, -0.15) is 13.2 Å². The number of rotatable bonds is 19. The van der Waals surface area contributed by atoms with Crippen LogP contribution in [0.1, 0.15) is 124 Å². The number of carboxylic acids is 1. The van der Waals surface area contributed by atoms with Crippen molar-refractivity contribution >= 4 is 11.9 Å². The van der Waals surface area contributed by atoms with E-state index in [0.29, 0.717) is 24.0 Å². The number of esters is 1. The van der Waals surface area contributed by atoms with Gasteiger partial charge in [-0.15, -0.1) is 0 Å². The van der Waals surface area contributed by atoms with Gasteiger partial charge in [-0.3, -0.25) is 0 Å². The van der Waals surface area contributed by atoms with E-state index in [1.807, 2.05) is 19.1 Å². The van der Waals surface area contributed by atoms with Gasteiger partial charge in [0.1, 0.15) is 0 Å². The van der Waals surface area contributed by atoms with Crippen molar-refractivity contribution in [1.82, 2.24) is 0 Å². The van der Waals surface area contributed by atoms with E-state index < -0.39 is 24.2 Å². The lowest BCUT2D eigenvalue weighted by molar-refractivity contribution is -0.206. The van der Waals surface area contributed by atoms with E-state index in [1.54, 1.807) is 30.3 Å². The number of hydrogen-bond acceptors (Lipinski definition) is 3. The van der Waals surface area contributed by atoms with E-state index >= 15 is 0 Å². The van der Waals surface area contributed by atoms with Crippen LogP contribution < -0.4 is 0 Å². The molecule has 0 fully saturated rings. The molecule has 3 rings (SSSR count). The van der Waals surface area contributed by atoms with Crippen LogP contribution in [0, 0.1) is 0 Å². The van der Waals surface area contributed by atoms with Gasteiger partial charge in [0.2, 0.25) is 0 Å². The van der Waals surface area contributed by atoms with Crippen LogP contribution in [0.3, 0.4) is 0 Å². The van der Waals surface area contributed by atoms with Crippen molar-refractivity contribution in [3.05, 3.63) is 83.4 Å². The minimum absolute atomic E-state index is 0.00260. The van der Waals surface area contributed by atoms with Crippen LogP contribution in [-0.4, -0.2) is 29.3 Å². The maximum atomic E-state index is 13.5. The second kappa shape index (κ2) is 18.4. The molecular weight excluding hydrogens is 577 g/mol. The van der Waals surface area contributed by atoms with Gasteiger partial charge in [-0.25, -0.2) is 9.59 Å². The number of halogens is 3. The number of aromatic carboxylic acids is 1. The van der Waals surface area contributed by atoms with Crippen LogP contribution in [-0.2, 0) is 11.2 Å². The Morgan fingerprint density at radius 1 is 0.667 bits per heavy atom. The maximum Gasteiger partial charge on any atom is 0.425 e. The van der Waals surface area contributed by atoms with Crippen LogP contribution in [0.4, 0.5) is 13.2 Å². The SMILES string of the molecule is CCCCCCCCCCc1ccc(-c2ccc(C(=O)O)cc2-c2ccc(C(=O)OC(CCCCCC)C(F)(F)F)cc2)cc1. The van der Waals surface area contributed by atoms with E-state index in [1.165, 1.54) is 62.6 Å². The van der Waals surface area contributed by atoms with Crippen LogP contribution in [0.5, 0.6) is 0 Å².